The topological polar surface area (TPSA) is 55.8 Å². The normalized spacial score (nSPS) is 9.95. The molecule has 0 aliphatic heterocycles. The predicted molar refractivity (Wildman–Crippen MR) is 75.6 cm³/mol. The molecule has 1 rings (SSSR count). The number of hydrogen-bond donors (Lipinski definition) is 0. The maximum Gasteiger partial charge on any atom is 0.307 e. The van der Waals surface area contributed by atoms with Crippen LogP contribution in [0.15, 0.2) is 24.3 Å². The first-order valence-electron chi connectivity index (χ1n) is 6.50. The van der Waals surface area contributed by atoms with Crippen LogP contribution in [0.2, 0.25) is 0 Å². The van der Waals surface area contributed by atoms with Crippen molar-refractivity contribution >= 4 is 11.9 Å². The molecular weight excluding hydrogens is 258 g/mol. The molecule has 1 aromatic rings. The quantitative estimate of drug-likeness (QED) is 0.712. The number of methoxy groups -OCH3 is 2. The van der Waals surface area contributed by atoms with Gasteiger partial charge in [0.2, 0.25) is 5.91 Å². The molecule has 0 aliphatic carbocycles. The van der Waals surface area contributed by atoms with Gasteiger partial charge in [-0.2, -0.15) is 0 Å². The third-order valence-corrected chi connectivity index (χ3v) is 3.09. The fraction of sp³-hybridized carbons (Fsp3) is 0.467. The van der Waals surface area contributed by atoms with Crippen LogP contribution in [-0.2, 0) is 20.7 Å². The Kier molecular flexibility index (Phi) is 6.56. The SMILES string of the molecule is COC(=O)CCN(C)C(=O)CCc1ccc(OC)cc1. The predicted octanol–water partition coefficient (Wildman–Crippen LogP) is 1.65. The first-order valence-corrected chi connectivity index (χ1v) is 6.50. The van der Waals surface area contributed by atoms with Crippen molar-refractivity contribution in [1.29, 1.82) is 0 Å². The lowest BCUT2D eigenvalue weighted by molar-refractivity contribution is -0.141. The van der Waals surface area contributed by atoms with E-state index in [4.69, 9.17) is 4.74 Å². The van der Waals surface area contributed by atoms with Gasteiger partial charge in [-0.3, -0.25) is 9.59 Å². The highest BCUT2D eigenvalue weighted by Gasteiger charge is 2.11. The molecule has 0 heterocycles. The number of carbonyl (C=O) groups is 2. The summed E-state index contributed by atoms with van der Waals surface area (Å²) >= 11 is 0. The zero-order valence-electron chi connectivity index (χ0n) is 12.2. The second kappa shape index (κ2) is 8.19. The zero-order valence-corrected chi connectivity index (χ0v) is 12.2. The summed E-state index contributed by atoms with van der Waals surface area (Å²) in [6.07, 6.45) is 1.32. The molecule has 1 amide bonds. The number of ether oxygens (including phenoxy) is 2. The van der Waals surface area contributed by atoms with Gasteiger partial charge in [0.15, 0.2) is 0 Å². The Morgan fingerprint density at radius 1 is 1.10 bits per heavy atom. The molecule has 0 unspecified atom stereocenters. The van der Waals surface area contributed by atoms with Crippen molar-refractivity contribution in [3.05, 3.63) is 29.8 Å². The molecule has 0 spiro atoms. The Morgan fingerprint density at radius 2 is 1.75 bits per heavy atom. The van der Waals surface area contributed by atoms with E-state index in [0.717, 1.165) is 11.3 Å². The highest BCUT2D eigenvalue weighted by molar-refractivity contribution is 5.77. The van der Waals surface area contributed by atoms with E-state index in [1.54, 1.807) is 19.1 Å². The number of nitrogens with zero attached hydrogens (tertiary/aromatic N) is 1. The fourth-order valence-corrected chi connectivity index (χ4v) is 1.72. The number of amides is 1. The number of rotatable bonds is 7. The van der Waals surface area contributed by atoms with E-state index in [0.29, 0.717) is 19.4 Å². The summed E-state index contributed by atoms with van der Waals surface area (Å²) in [5, 5.41) is 0. The van der Waals surface area contributed by atoms with Crippen LogP contribution in [0, 0.1) is 0 Å². The summed E-state index contributed by atoms with van der Waals surface area (Å²) in [4.78, 5) is 24.5. The van der Waals surface area contributed by atoms with E-state index in [-0.39, 0.29) is 18.3 Å². The van der Waals surface area contributed by atoms with Crippen LogP contribution < -0.4 is 4.74 Å². The van der Waals surface area contributed by atoms with Crippen molar-refractivity contribution in [2.24, 2.45) is 0 Å². The first-order chi connectivity index (χ1) is 9.56. The molecule has 110 valence electrons. The second-order valence-corrected chi connectivity index (χ2v) is 4.49. The molecule has 5 heteroatoms. The second-order valence-electron chi connectivity index (χ2n) is 4.49. The van der Waals surface area contributed by atoms with Crippen molar-refractivity contribution in [1.82, 2.24) is 4.90 Å². The van der Waals surface area contributed by atoms with Crippen LogP contribution in [0.5, 0.6) is 5.75 Å². The lowest BCUT2D eigenvalue weighted by Crippen LogP contribution is -2.29. The summed E-state index contributed by atoms with van der Waals surface area (Å²) in [5.41, 5.74) is 1.08. The number of carbonyl (C=O) groups excluding carboxylic acids is 2. The molecule has 0 atom stereocenters. The highest BCUT2D eigenvalue weighted by Crippen LogP contribution is 2.13. The average molecular weight is 279 g/mol. The third-order valence-electron chi connectivity index (χ3n) is 3.09. The molecule has 1 aromatic carbocycles. The standard InChI is InChI=1S/C15H21NO4/c1-16(11-10-15(18)20-3)14(17)9-6-12-4-7-13(19-2)8-5-12/h4-5,7-8H,6,9-11H2,1-3H3. The number of benzene rings is 1. The van der Waals surface area contributed by atoms with E-state index >= 15 is 0 Å². The maximum absolute atomic E-state index is 11.9. The molecule has 0 radical (unpaired) electrons. The Bertz CT molecular complexity index is 442. The summed E-state index contributed by atoms with van der Waals surface area (Å²) in [7, 11) is 4.65. The summed E-state index contributed by atoms with van der Waals surface area (Å²) in [6.45, 7) is 0.383. The van der Waals surface area contributed by atoms with Crippen LogP contribution in [-0.4, -0.2) is 44.6 Å². The molecule has 0 saturated carbocycles. The lowest BCUT2D eigenvalue weighted by atomic mass is 10.1. The van der Waals surface area contributed by atoms with E-state index in [1.807, 2.05) is 24.3 Å². The molecule has 0 bridgehead atoms. The Labute approximate surface area is 119 Å². The van der Waals surface area contributed by atoms with Crippen molar-refractivity contribution in [2.45, 2.75) is 19.3 Å². The molecule has 0 aromatic heterocycles. The minimum absolute atomic E-state index is 0.0183. The highest BCUT2D eigenvalue weighted by atomic mass is 16.5. The van der Waals surface area contributed by atoms with Crippen LogP contribution in [0.25, 0.3) is 0 Å². The van der Waals surface area contributed by atoms with Gasteiger partial charge in [0.05, 0.1) is 20.6 Å². The zero-order chi connectivity index (χ0) is 15.0. The van der Waals surface area contributed by atoms with Crippen LogP contribution in [0.3, 0.4) is 0 Å². The molecule has 0 fully saturated rings. The van der Waals surface area contributed by atoms with Gasteiger partial charge in [0, 0.05) is 20.0 Å². The Morgan fingerprint density at radius 3 is 2.30 bits per heavy atom. The van der Waals surface area contributed by atoms with Crippen molar-refractivity contribution in [3.63, 3.8) is 0 Å². The van der Waals surface area contributed by atoms with E-state index in [2.05, 4.69) is 4.74 Å². The van der Waals surface area contributed by atoms with E-state index < -0.39 is 0 Å². The van der Waals surface area contributed by atoms with E-state index in [9.17, 15) is 9.59 Å². The average Bonchev–Trinajstić information content (AvgIpc) is 2.50. The molecule has 5 nitrogen and oxygen atoms in total. The van der Waals surface area contributed by atoms with Crippen molar-refractivity contribution < 1.29 is 19.1 Å². The van der Waals surface area contributed by atoms with Gasteiger partial charge in [-0.1, -0.05) is 12.1 Å². The lowest BCUT2D eigenvalue weighted by Gasteiger charge is -2.16. The summed E-state index contributed by atoms with van der Waals surface area (Å²) < 4.78 is 9.62. The first kappa shape index (κ1) is 16.0. The molecule has 0 N–H and O–H groups in total. The monoisotopic (exact) mass is 279 g/mol. The molecular formula is C15H21NO4. The molecule has 0 saturated heterocycles. The minimum atomic E-state index is -0.306. The smallest absolute Gasteiger partial charge is 0.307 e. The summed E-state index contributed by atoms with van der Waals surface area (Å²) in [5.74, 6) is 0.514. The molecule has 20 heavy (non-hydrogen) atoms. The number of hydrogen-bond acceptors (Lipinski definition) is 4. The van der Waals surface area contributed by atoms with Gasteiger partial charge in [-0.15, -0.1) is 0 Å². The number of esters is 1. The van der Waals surface area contributed by atoms with Crippen LogP contribution in [0.1, 0.15) is 18.4 Å². The summed E-state index contributed by atoms with van der Waals surface area (Å²) in [6, 6.07) is 7.64. The van der Waals surface area contributed by atoms with Gasteiger partial charge in [0.1, 0.15) is 5.75 Å². The maximum atomic E-state index is 11.9. The van der Waals surface area contributed by atoms with Crippen molar-refractivity contribution in [2.75, 3.05) is 27.8 Å². The van der Waals surface area contributed by atoms with Gasteiger partial charge in [0.25, 0.3) is 0 Å². The van der Waals surface area contributed by atoms with Gasteiger partial charge in [-0.25, -0.2) is 0 Å². The Balaban J connectivity index is 2.35. The van der Waals surface area contributed by atoms with E-state index in [1.165, 1.54) is 7.11 Å². The van der Waals surface area contributed by atoms with Gasteiger partial charge in [-0.05, 0) is 24.1 Å². The van der Waals surface area contributed by atoms with Gasteiger partial charge < -0.3 is 14.4 Å². The number of aryl methyl sites for hydroxylation is 1. The van der Waals surface area contributed by atoms with Crippen LogP contribution >= 0.6 is 0 Å². The molecule has 0 aliphatic rings. The van der Waals surface area contributed by atoms with Crippen molar-refractivity contribution in [3.8, 4) is 5.75 Å². The van der Waals surface area contributed by atoms with Crippen LogP contribution in [0.4, 0.5) is 0 Å². The Hall–Kier alpha value is -2.04. The largest absolute Gasteiger partial charge is 0.497 e. The fourth-order valence-electron chi connectivity index (χ4n) is 1.72. The van der Waals surface area contributed by atoms with Gasteiger partial charge >= 0.3 is 5.97 Å². The third kappa shape index (κ3) is 5.30. The minimum Gasteiger partial charge on any atom is -0.497 e.